The molecule has 22 heavy (non-hydrogen) atoms. The van der Waals surface area contributed by atoms with Gasteiger partial charge >= 0.3 is 5.69 Å². The highest BCUT2D eigenvalue weighted by Crippen LogP contribution is 2.35. The van der Waals surface area contributed by atoms with Crippen LogP contribution in [0.2, 0.25) is 0 Å². The van der Waals surface area contributed by atoms with Crippen LogP contribution in [0.3, 0.4) is 0 Å². The molecule has 0 unspecified atom stereocenters. The number of aromatic hydroxyl groups is 1. The highest BCUT2D eigenvalue weighted by molar-refractivity contribution is 6.01. The second kappa shape index (κ2) is 5.03. The second-order valence-electron chi connectivity index (χ2n) is 5.01. The lowest BCUT2D eigenvalue weighted by Gasteiger charge is -2.35. The average Bonchev–Trinajstić information content (AvgIpc) is 2.51. The van der Waals surface area contributed by atoms with Gasteiger partial charge in [-0.2, -0.15) is 0 Å². The minimum atomic E-state index is -0.655. The van der Waals surface area contributed by atoms with E-state index in [0.29, 0.717) is 16.8 Å². The van der Waals surface area contributed by atoms with Crippen LogP contribution in [0.4, 0.5) is 11.4 Å². The lowest BCUT2D eigenvalue weighted by Crippen LogP contribution is -2.40. The van der Waals surface area contributed by atoms with Crippen molar-refractivity contribution in [1.82, 2.24) is 4.90 Å². The molecule has 112 valence electrons. The maximum atomic E-state index is 12.4. The first-order chi connectivity index (χ1) is 10.5. The zero-order valence-corrected chi connectivity index (χ0v) is 11.7. The molecule has 2 aromatic carbocycles. The molecule has 1 atom stereocenters. The third kappa shape index (κ3) is 2.12. The van der Waals surface area contributed by atoms with E-state index in [0.717, 1.165) is 0 Å². The zero-order chi connectivity index (χ0) is 15.9. The number of nitro groups is 1. The lowest BCUT2D eigenvalue weighted by atomic mass is 10.0. The van der Waals surface area contributed by atoms with Crippen molar-refractivity contribution in [3.05, 3.63) is 63.7 Å². The summed E-state index contributed by atoms with van der Waals surface area (Å²) >= 11 is 0. The Kier molecular flexibility index (Phi) is 3.17. The number of amides is 1. The number of hydrogen-bond acceptors (Lipinski definition) is 5. The summed E-state index contributed by atoms with van der Waals surface area (Å²) in [5.74, 6) is -0.575. The smallest absolute Gasteiger partial charge is 0.311 e. The number of anilines is 1. The van der Waals surface area contributed by atoms with Gasteiger partial charge in [-0.05, 0) is 18.2 Å². The summed E-state index contributed by atoms with van der Waals surface area (Å²) in [6.45, 7) is 0. The summed E-state index contributed by atoms with van der Waals surface area (Å²) in [5.41, 5.74) is 1.36. The molecule has 1 heterocycles. The molecular weight excluding hydrogens is 286 g/mol. The number of carbonyl (C=O) groups excluding carboxylic acids is 1. The van der Waals surface area contributed by atoms with Gasteiger partial charge < -0.3 is 15.3 Å². The van der Waals surface area contributed by atoms with E-state index in [1.54, 1.807) is 37.4 Å². The van der Waals surface area contributed by atoms with Gasteiger partial charge in [-0.3, -0.25) is 14.9 Å². The van der Waals surface area contributed by atoms with Crippen LogP contribution in [0.5, 0.6) is 5.75 Å². The van der Waals surface area contributed by atoms with E-state index in [4.69, 9.17) is 0 Å². The van der Waals surface area contributed by atoms with Crippen molar-refractivity contribution in [3.8, 4) is 5.75 Å². The number of phenols is 1. The minimum absolute atomic E-state index is 0.171. The standard InChI is InChI=1S/C15H13N3O4/c1-17-14(9-6-7-13(19)12(8-9)18(21)22)16-11-5-3-2-4-10(11)15(17)20/h2-8,14,16,19H,1H3/t14-/m0/s1. The molecule has 0 bridgehead atoms. The first-order valence-electron chi connectivity index (χ1n) is 6.59. The molecular formula is C15H13N3O4. The number of hydrogen-bond donors (Lipinski definition) is 2. The Morgan fingerprint density at radius 2 is 2.00 bits per heavy atom. The SMILES string of the molecule is CN1C(=O)c2ccccc2N[C@@H]1c1ccc(O)c([N+](=O)[O-])c1. The normalized spacial score (nSPS) is 16.9. The Bertz CT molecular complexity index is 775. The fourth-order valence-electron chi connectivity index (χ4n) is 2.51. The highest BCUT2D eigenvalue weighted by Gasteiger charge is 2.31. The Hall–Kier alpha value is -3.09. The van der Waals surface area contributed by atoms with Crippen LogP contribution in [0.25, 0.3) is 0 Å². The molecule has 0 aromatic heterocycles. The van der Waals surface area contributed by atoms with E-state index in [-0.39, 0.29) is 11.6 Å². The van der Waals surface area contributed by atoms with Crippen molar-refractivity contribution in [3.63, 3.8) is 0 Å². The number of benzene rings is 2. The number of nitrogens with one attached hydrogen (secondary N) is 1. The van der Waals surface area contributed by atoms with Crippen LogP contribution >= 0.6 is 0 Å². The van der Waals surface area contributed by atoms with Crippen LogP contribution in [-0.4, -0.2) is 27.9 Å². The van der Waals surface area contributed by atoms with Gasteiger partial charge in [-0.25, -0.2) is 0 Å². The minimum Gasteiger partial charge on any atom is -0.502 e. The average molecular weight is 299 g/mol. The van der Waals surface area contributed by atoms with Crippen LogP contribution in [-0.2, 0) is 0 Å². The molecule has 0 saturated heterocycles. The molecule has 0 saturated carbocycles. The Balaban J connectivity index is 2.05. The molecule has 1 aliphatic heterocycles. The molecule has 7 heteroatoms. The zero-order valence-electron chi connectivity index (χ0n) is 11.7. The second-order valence-corrected chi connectivity index (χ2v) is 5.01. The van der Waals surface area contributed by atoms with Crippen molar-refractivity contribution in [1.29, 1.82) is 0 Å². The fraction of sp³-hybridized carbons (Fsp3) is 0.133. The first kappa shape index (κ1) is 13.9. The van der Waals surface area contributed by atoms with Crippen LogP contribution in [0, 0.1) is 10.1 Å². The number of carbonyl (C=O) groups is 1. The van der Waals surface area contributed by atoms with Crippen molar-refractivity contribution < 1.29 is 14.8 Å². The molecule has 3 rings (SSSR count). The summed E-state index contributed by atoms with van der Waals surface area (Å²) in [4.78, 5) is 24.1. The molecule has 0 spiro atoms. The van der Waals surface area contributed by atoms with Crippen LogP contribution < -0.4 is 5.32 Å². The van der Waals surface area contributed by atoms with E-state index in [9.17, 15) is 20.0 Å². The Morgan fingerprint density at radius 3 is 2.73 bits per heavy atom. The van der Waals surface area contributed by atoms with Gasteiger partial charge in [-0.15, -0.1) is 0 Å². The van der Waals surface area contributed by atoms with Gasteiger partial charge in [0.15, 0.2) is 5.75 Å². The van der Waals surface area contributed by atoms with Gasteiger partial charge in [0.05, 0.1) is 10.5 Å². The number of fused-ring (bicyclic) bond motifs is 1. The number of nitro benzene ring substituents is 1. The van der Waals surface area contributed by atoms with E-state index in [1.807, 2.05) is 0 Å². The predicted octanol–water partition coefficient (Wildman–Crippen LogP) is 2.50. The maximum absolute atomic E-state index is 12.4. The summed E-state index contributed by atoms with van der Waals surface area (Å²) in [7, 11) is 1.62. The maximum Gasteiger partial charge on any atom is 0.311 e. The van der Waals surface area contributed by atoms with Gasteiger partial charge in [0.25, 0.3) is 5.91 Å². The molecule has 0 radical (unpaired) electrons. The fourth-order valence-corrected chi connectivity index (χ4v) is 2.51. The van der Waals surface area contributed by atoms with E-state index < -0.39 is 16.8 Å². The topological polar surface area (TPSA) is 95.7 Å². The monoisotopic (exact) mass is 299 g/mol. The molecule has 2 aromatic rings. The van der Waals surface area contributed by atoms with Crippen LogP contribution in [0.1, 0.15) is 22.1 Å². The van der Waals surface area contributed by atoms with Gasteiger partial charge in [0.2, 0.25) is 0 Å². The molecule has 7 nitrogen and oxygen atoms in total. The van der Waals surface area contributed by atoms with Gasteiger partial charge in [0.1, 0.15) is 6.17 Å². The Labute approximate surface area is 125 Å². The lowest BCUT2D eigenvalue weighted by molar-refractivity contribution is -0.385. The largest absolute Gasteiger partial charge is 0.502 e. The van der Waals surface area contributed by atoms with Crippen molar-refractivity contribution in [2.75, 3.05) is 12.4 Å². The third-order valence-corrected chi connectivity index (χ3v) is 3.67. The quantitative estimate of drug-likeness (QED) is 0.656. The summed E-state index contributed by atoms with van der Waals surface area (Å²) in [6.07, 6.45) is -0.540. The number of rotatable bonds is 2. The predicted molar refractivity (Wildman–Crippen MR) is 79.7 cm³/mol. The van der Waals surface area contributed by atoms with E-state index in [1.165, 1.54) is 17.0 Å². The first-order valence-corrected chi connectivity index (χ1v) is 6.59. The summed E-state index contributed by atoms with van der Waals surface area (Å²) < 4.78 is 0. The van der Waals surface area contributed by atoms with E-state index in [2.05, 4.69) is 5.32 Å². The molecule has 1 aliphatic rings. The number of para-hydroxylation sites is 1. The number of phenolic OH excluding ortho intramolecular Hbond substituents is 1. The van der Waals surface area contributed by atoms with Crippen molar-refractivity contribution in [2.45, 2.75) is 6.17 Å². The van der Waals surface area contributed by atoms with Gasteiger partial charge in [0, 0.05) is 24.4 Å². The molecule has 2 N–H and O–H groups in total. The number of nitrogens with zero attached hydrogens (tertiary/aromatic N) is 2. The summed E-state index contributed by atoms with van der Waals surface area (Å²) in [5, 5.41) is 23.7. The molecule has 1 amide bonds. The third-order valence-electron chi connectivity index (χ3n) is 3.67. The van der Waals surface area contributed by atoms with Gasteiger partial charge in [-0.1, -0.05) is 18.2 Å². The summed E-state index contributed by atoms with van der Waals surface area (Å²) in [6, 6.07) is 11.2. The molecule has 0 aliphatic carbocycles. The molecule has 0 fully saturated rings. The Morgan fingerprint density at radius 1 is 1.27 bits per heavy atom. The van der Waals surface area contributed by atoms with Crippen molar-refractivity contribution in [2.24, 2.45) is 0 Å². The van der Waals surface area contributed by atoms with Crippen molar-refractivity contribution >= 4 is 17.3 Å². The van der Waals surface area contributed by atoms with E-state index >= 15 is 0 Å². The highest BCUT2D eigenvalue weighted by atomic mass is 16.6. The van der Waals surface area contributed by atoms with Crippen LogP contribution in [0.15, 0.2) is 42.5 Å².